The van der Waals surface area contributed by atoms with Crippen LogP contribution in [0.1, 0.15) is 34.8 Å². The SMILES string of the molecule is CC(=O)NC(Cc1ccccc1)C(O)CCc1ccccc1C(=O)N1CCN(C)CC1. The van der Waals surface area contributed by atoms with E-state index in [1.807, 2.05) is 59.5 Å². The van der Waals surface area contributed by atoms with E-state index in [2.05, 4.69) is 17.3 Å². The molecule has 0 radical (unpaired) electrons. The second-order valence-corrected chi connectivity index (χ2v) is 8.36. The van der Waals surface area contributed by atoms with Crippen molar-refractivity contribution in [3.05, 3.63) is 71.3 Å². The second kappa shape index (κ2) is 11.1. The number of aryl methyl sites for hydroxylation is 1. The Labute approximate surface area is 184 Å². The quantitative estimate of drug-likeness (QED) is 0.682. The Morgan fingerprint density at radius 2 is 1.65 bits per heavy atom. The third-order valence-corrected chi connectivity index (χ3v) is 5.90. The zero-order chi connectivity index (χ0) is 22.2. The number of rotatable bonds is 8. The molecule has 1 saturated heterocycles. The third kappa shape index (κ3) is 6.64. The van der Waals surface area contributed by atoms with Gasteiger partial charge in [0.05, 0.1) is 12.1 Å². The number of likely N-dealkylation sites (N-methyl/N-ethyl adjacent to an activating group) is 1. The maximum atomic E-state index is 13.1. The lowest BCUT2D eigenvalue weighted by molar-refractivity contribution is -0.120. The molecule has 6 heteroatoms. The van der Waals surface area contributed by atoms with E-state index in [-0.39, 0.29) is 17.9 Å². The van der Waals surface area contributed by atoms with Gasteiger partial charge in [-0.15, -0.1) is 0 Å². The van der Waals surface area contributed by atoms with Gasteiger partial charge in [-0.25, -0.2) is 0 Å². The maximum Gasteiger partial charge on any atom is 0.254 e. The van der Waals surface area contributed by atoms with Gasteiger partial charge >= 0.3 is 0 Å². The minimum Gasteiger partial charge on any atom is -0.391 e. The van der Waals surface area contributed by atoms with Crippen molar-refractivity contribution in [2.24, 2.45) is 0 Å². The first-order valence-electron chi connectivity index (χ1n) is 11.0. The summed E-state index contributed by atoms with van der Waals surface area (Å²) in [6.45, 7) is 4.69. The zero-order valence-electron chi connectivity index (χ0n) is 18.5. The van der Waals surface area contributed by atoms with Crippen LogP contribution in [-0.2, 0) is 17.6 Å². The monoisotopic (exact) mass is 423 g/mol. The van der Waals surface area contributed by atoms with Gasteiger partial charge in [-0.05, 0) is 43.5 Å². The summed E-state index contributed by atoms with van der Waals surface area (Å²) in [5, 5.41) is 13.8. The van der Waals surface area contributed by atoms with Crippen LogP contribution in [0.2, 0.25) is 0 Å². The van der Waals surface area contributed by atoms with Crippen LogP contribution < -0.4 is 5.32 Å². The van der Waals surface area contributed by atoms with Gasteiger partial charge in [0.25, 0.3) is 5.91 Å². The van der Waals surface area contributed by atoms with E-state index in [1.54, 1.807) is 0 Å². The van der Waals surface area contributed by atoms with E-state index in [1.165, 1.54) is 6.92 Å². The van der Waals surface area contributed by atoms with Gasteiger partial charge in [0.15, 0.2) is 0 Å². The fourth-order valence-corrected chi connectivity index (χ4v) is 4.04. The summed E-state index contributed by atoms with van der Waals surface area (Å²) < 4.78 is 0. The molecule has 0 spiro atoms. The van der Waals surface area contributed by atoms with Crippen LogP contribution in [0.5, 0.6) is 0 Å². The Bertz CT molecular complexity index is 863. The van der Waals surface area contributed by atoms with Crippen molar-refractivity contribution in [2.75, 3.05) is 33.2 Å². The first kappa shape index (κ1) is 23.0. The average molecular weight is 424 g/mol. The number of nitrogens with one attached hydrogen (secondary N) is 1. The predicted molar refractivity (Wildman–Crippen MR) is 122 cm³/mol. The molecule has 1 aliphatic heterocycles. The molecule has 0 saturated carbocycles. The van der Waals surface area contributed by atoms with Crippen molar-refractivity contribution < 1.29 is 14.7 Å². The Kier molecular flexibility index (Phi) is 8.20. The zero-order valence-corrected chi connectivity index (χ0v) is 18.5. The van der Waals surface area contributed by atoms with Crippen molar-refractivity contribution in [3.8, 4) is 0 Å². The molecule has 3 rings (SSSR count). The van der Waals surface area contributed by atoms with Gasteiger partial charge < -0.3 is 20.2 Å². The van der Waals surface area contributed by atoms with Crippen LogP contribution in [0.4, 0.5) is 0 Å². The lowest BCUT2D eigenvalue weighted by Crippen LogP contribution is -2.47. The molecular formula is C25H33N3O3. The second-order valence-electron chi connectivity index (χ2n) is 8.36. The summed E-state index contributed by atoms with van der Waals surface area (Å²) in [6, 6.07) is 17.1. The summed E-state index contributed by atoms with van der Waals surface area (Å²) in [7, 11) is 2.07. The van der Waals surface area contributed by atoms with E-state index in [9.17, 15) is 14.7 Å². The van der Waals surface area contributed by atoms with E-state index >= 15 is 0 Å². The first-order valence-corrected chi connectivity index (χ1v) is 11.0. The highest BCUT2D eigenvalue weighted by atomic mass is 16.3. The minimum absolute atomic E-state index is 0.0564. The van der Waals surface area contributed by atoms with Gasteiger partial charge in [-0.3, -0.25) is 9.59 Å². The topological polar surface area (TPSA) is 72.9 Å². The molecule has 2 aromatic carbocycles. The van der Waals surface area contributed by atoms with Gasteiger partial charge in [0.2, 0.25) is 5.91 Å². The number of aliphatic hydroxyl groups excluding tert-OH is 1. The van der Waals surface area contributed by atoms with Crippen LogP contribution in [0, 0.1) is 0 Å². The largest absolute Gasteiger partial charge is 0.391 e. The number of benzene rings is 2. The lowest BCUT2D eigenvalue weighted by Gasteiger charge is -2.33. The predicted octanol–water partition coefficient (Wildman–Crippen LogP) is 2.12. The van der Waals surface area contributed by atoms with Gasteiger partial charge in [0, 0.05) is 38.7 Å². The molecule has 6 nitrogen and oxygen atoms in total. The molecule has 2 amide bonds. The Balaban J connectivity index is 1.66. The van der Waals surface area contributed by atoms with Crippen molar-refractivity contribution in [3.63, 3.8) is 0 Å². The molecule has 0 aromatic heterocycles. The van der Waals surface area contributed by atoms with E-state index in [0.29, 0.717) is 24.8 Å². The Morgan fingerprint density at radius 3 is 2.32 bits per heavy atom. The average Bonchev–Trinajstić information content (AvgIpc) is 2.77. The lowest BCUT2D eigenvalue weighted by atomic mass is 9.94. The molecule has 2 atom stereocenters. The summed E-state index contributed by atoms with van der Waals surface area (Å²) in [6.07, 6.45) is 0.881. The molecule has 2 unspecified atom stereocenters. The van der Waals surface area contributed by atoms with E-state index in [0.717, 1.165) is 37.3 Å². The minimum atomic E-state index is -0.712. The summed E-state index contributed by atoms with van der Waals surface area (Å²) >= 11 is 0. The van der Waals surface area contributed by atoms with Gasteiger partial charge in [0.1, 0.15) is 0 Å². The molecule has 166 valence electrons. The highest BCUT2D eigenvalue weighted by Crippen LogP contribution is 2.18. The van der Waals surface area contributed by atoms with Crippen LogP contribution in [0.3, 0.4) is 0 Å². The summed E-state index contributed by atoms with van der Waals surface area (Å²) in [5.74, 6) is -0.105. The van der Waals surface area contributed by atoms with Crippen LogP contribution in [0.15, 0.2) is 54.6 Å². The number of carbonyl (C=O) groups excluding carboxylic acids is 2. The highest BCUT2D eigenvalue weighted by Gasteiger charge is 2.24. The number of piperazine rings is 1. The molecule has 0 aliphatic carbocycles. The standard InChI is InChI=1S/C25H33N3O3/c1-19(29)26-23(18-20-8-4-3-5-9-20)24(30)13-12-21-10-6-7-11-22(21)25(31)28-16-14-27(2)15-17-28/h3-11,23-24,30H,12-18H2,1-2H3,(H,26,29). The van der Waals surface area contributed by atoms with Crippen molar-refractivity contribution >= 4 is 11.8 Å². The van der Waals surface area contributed by atoms with Gasteiger partial charge in [-0.1, -0.05) is 48.5 Å². The number of hydrogen-bond donors (Lipinski definition) is 2. The molecule has 31 heavy (non-hydrogen) atoms. The maximum absolute atomic E-state index is 13.1. The van der Waals surface area contributed by atoms with Crippen molar-refractivity contribution in [1.29, 1.82) is 0 Å². The molecule has 1 aliphatic rings. The molecule has 0 bridgehead atoms. The summed E-state index contributed by atoms with van der Waals surface area (Å²) in [4.78, 5) is 28.9. The highest BCUT2D eigenvalue weighted by molar-refractivity contribution is 5.95. The fourth-order valence-electron chi connectivity index (χ4n) is 4.04. The smallest absolute Gasteiger partial charge is 0.254 e. The van der Waals surface area contributed by atoms with Crippen LogP contribution >= 0.6 is 0 Å². The summed E-state index contributed by atoms with van der Waals surface area (Å²) in [5.41, 5.74) is 2.70. The number of nitrogens with zero attached hydrogens (tertiary/aromatic N) is 2. The van der Waals surface area contributed by atoms with Crippen LogP contribution in [0.25, 0.3) is 0 Å². The van der Waals surface area contributed by atoms with Gasteiger partial charge in [-0.2, -0.15) is 0 Å². The molecule has 1 fully saturated rings. The molecule has 1 heterocycles. The number of amides is 2. The van der Waals surface area contributed by atoms with Crippen LogP contribution in [-0.4, -0.2) is 72.1 Å². The fraction of sp³-hybridized carbons (Fsp3) is 0.440. The Morgan fingerprint density at radius 1 is 1.00 bits per heavy atom. The molecule has 2 aromatic rings. The number of hydrogen-bond acceptors (Lipinski definition) is 4. The van der Waals surface area contributed by atoms with E-state index < -0.39 is 6.10 Å². The molecule has 2 N–H and O–H groups in total. The van der Waals surface area contributed by atoms with E-state index in [4.69, 9.17) is 0 Å². The Hall–Kier alpha value is -2.70. The number of aliphatic hydroxyl groups is 1. The number of carbonyl (C=O) groups is 2. The molecular weight excluding hydrogens is 390 g/mol. The normalized spacial score (nSPS) is 16.5. The first-order chi connectivity index (χ1) is 14.9. The van der Waals surface area contributed by atoms with Crippen molar-refractivity contribution in [1.82, 2.24) is 15.1 Å². The third-order valence-electron chi connectivity index (χ3n) is 5.90. The van der Waals surface area contributed by atoms with Crippen molar-refractivity contribution in [2.45, 2.75) is 38.3 Å².